The molecule has 2 aromatic carbocycles. The minimum atomic E-state index is -0.150. The van der Waals surface area contributed by atoms with E-state index in [0.717, 1.165) is 5.56 Å². The van der Waals surface area contributed by atoms with Crippen LogP contribution in [0, 0.1) is 0 Å². The van der Waals surface area contributed by atoms with E-state index in [4.69, 9.17) is 27.9 Å². The first-order chi connectivity index (χ1) is 15.5. The molecule has 1 fully saturated rings. The van der Waals surface area contributed by atoms with Gasteiger partial charge in [-0.25, -0.2) is 0 Å². The van der Waals surface area contributed by atoms with Crippen molar-refractivity contribution < 1.29 is 14.3 Å². The highest BCUT2D eigenvalue weighted by atomic mass is 35.5. The van der Waals surface area contributed by atoms with Crippen molar-refractivity contribution in [3.8, 4) is 5.75 Å². The van der Waals surface area contributed by atoms with Gasteiger partial charge in [0.25, 0.3) is 11.8 Å². The Hall–Kier alpha value is -3.09. The van der Waals surface area contributed by atoms with E-state index in [0.29, 0.717) is 59.7 Å². The SMILES string of the molecule is O=C(c1cc(Cl)cc(Cl)c1)N1CCN(C(=O)c2ccccc2OCc2ccncc2)CC1. The molecule has 0 aliphatic carbocycles. The Balaban J connectivity index is 1.40. The largest absolute Gasteiger partial charge is 0.488 e. The summed E-state index contributed by atoms with van der Waals surface area (Å²) >= 11 is 12.0. The molecule has 0 atom stereocenters. The fraction of sp³-hybridized carbons (Fsp3) is 0.208. The van der Waals surface area contributed by atoms with Gasteiger partial charge in [-0.15, -0.1) is 0 Å². The Morgan fingerprint density at radius 3 is 2.09 bits per heavy atom. The number of carbonyl (C=O) groups is 2. The number of aromatic nitrogens is 1. The lowest BCUT2D eigenvalue weighted by Crippen LogP contribution is -2.50. The van der Waals surface area contributed by atoms with Crippen LogP contribution in [-0.2, 0) is 6.61 Å². The van der Waals surface area contributed by atoms with Crippen molar-refractivity contribution in [1.82, 2.24) is 14.8 Å². The summed E-state index contributed by atoms with van der Waals surface area (Å²) in [5.41, 5.74) is 1.91. The first-order valence-electron chi connectivity index (χ1n) is 10.2. The molecular formula is C24H21Cl2N3O3. The van der Waals surface area contributed by atoms with Crippen LogP contribution in [0.4, 0.5) is 0 Å². The van der Waals surface area contributed by atoms with E-state index in [-0.39, 0.29) is 11.8 Å². The highest BCUT2D eigenvalue weighted by molar-refractivity contribution is 6.35. The van der Waals surface area contributed by atoms with E-state index >= 15 is 0 Å². The zero-order valence-electron chi connectivity index (χ0n) is 17.2. The van der Waals surface area contributed by atoms with E-state index in [2.05, 4.69) is 4.98 Å². The summed E-state index contributed by atoms with van der Waals surface area (Å²) in [7, 11) is 0. The lowest BCUT2D eigenvalue weighted by molar-refractivity contribution is 0.0533. The van der Waals surface area contributed by atoms with E-state index in [1.54, 1.807) is 52.5 Å². The predicted molar refractivity (Wildman–Crippen MR) is 123 cm³/mol. The van der Waals surface area contributed by atoms with Crippen LogP contribution in [0.2, 0.25) is 10.0 Å². The fourth-order valence-corrected chi connectivity index (χ4v) is 4.08. The second-order valence-corrected chi connectivity index (χ2v) is 8.26. The number of para-hydroxylation sites is 1. The Kier molecular flexibility index (Phi) is 6.93. The highest BCUT2D eigenvalue weighted by Crippen LogP contribution is 2.23. The van der Waals surface area contributed by atoms with Gasteiger partial charge < -0.3 is 14.5 Å². The molecule has 32 heavy (non-hydrogen) atoms. The van der Waals surface area contributed by atoms with Crippen LogP contribution < -0.4 is 4.74 Å². The lowest BCUT2D eigenvalue weighted by atomic mass is 10.1. The third-order valence-electron chi connectivity index (χ3n) is 5.22. The Morgan fingerprint density at radius 1 is 0.844 bits per heavy atom. The predicted octanol–water partition coefficient (Wildman–Crippen LogP) is 4.57. The number of benzene rings is 2. The number of amides is 2. The molecule has 0 spiro atoms. The topological polar surface area (TPSA) is 62.7 Å². The molecule has 164 valence electrons. The minimum absolute atomic E-state index is 0.117. The van der Waals surface area contributed by atoms with Crippen molar-refractivity contribution in [3.05, 3.63) is 93.7 Å². The number of ether oxygens (including phenoxy) is 1. The van der Waals surface area contributed by atoms with Crippen LogP contribution in [0.25, 0.3) is 0 Å². The highest BCUT2D eigenvalue weighted by Gasteiger charge is 2.27. The van der Waals surface area contributed by atoms with Gasteiger partial charge in [0.05, 0.1) is 5.56 Å². The third kappa shape index (κ3) is 5.21. The molecule has 1 aromatic heterocycles. The normalized spacial score (nSPS) is 13.7. The van der Waals surface area contributed by atoms with Gasteiger partial charge in [0.2, 0.25) is 0 Å². The Morgan fingerprint density at radius 2 is 1.44 bits per heavy atom. The maximum atomic E-state index is 13.2. The second-order valence-electron chi connectivity index (χ2n) is 7.38. The van der Waals surface area contributed by atoms with Crippen molar-refractivity contribution in [2.24, 2.45) is 0 Å². The molecule has 2 amide bonds. The number of rotatable bonds is 5. The lowest BCUT2D eigenvalue weighted by Gasteiger charge is -2.35. The molecule has 0 unspecified atom stereocenters. The van der Waals surface area contributed by atoms with Crippen LogP contribution in [0.3, 0.4) is 0 Å². The molecule has 8 heteroatoms. The maximum Gasteiger partial charge on any atom is 0.257 e. The van der Waals surface area contributed by atoms with Gasteiger partial charge in [0.15, 0.2) is 0 Å². The number of nitrogens with zero attached hydrogens (tertiary/aromatic N) is 3. The van der Waals surface area contributed by atoms with Gasteiger partial charge in [-0.2, -0.15) is 0 Å². The van der Waals surface area contributed by atoms with Crippen LogP contribution in [-0.4, -0.2) is 52.8 Å². The van der Waals surface area contributed by atoms with Crippen LogP contribution in [0.15, 0.2) is 67.0 Å². The standard InChI is InChI=1S/C24H21Cl2N3O3/c25-19-13-18(14-20(26)15-19)23(30)28-9-11-29(12-10-28)24(31)21-3-1-2-4-22(21)32-16-17-5-7-27-8-6-17/h1-8,13-15H,9-12,16H2. The molecule has 0 N–H and O–H groups in total. The molecule has 1 aliphatic rings. The van der Waals surface area contributed by atoms with Crippen LogP contribution >= 0.6 is 23.2 Å². The molecule has 0 bridgehead atoms. The molecule has 1 aliphatic heterocycles. The fourth-order valence-electron chi connectivity index (χ4n) is 3.55. The summed E-state index contributed by atoms with van der Waals surface area (Å²) in [5.74, 6) is 0.261. The van der Waals surface area contributed by atoms with Gasteiger partial charge in [-0.1, -0.05) is 35.3 Å². The summed E-state index contributed by atoms with van der Waals surface area (Å²) < 4.78 is 5.91. The monoisotopic (exact) mass is 469 g/mol. The van der Waals surface area contributed by atoms with E-state index in [1.807, 2.05) is 24.3 Å². The van der Waals surface area contributed by atoms with Gasteiger partial charge in [0, 0.05) is 54.2 Å². The van der Waals surface area contributed by atoms with Crippen LogP contribution in [0.5, 0.6) is 5.75 Å². The summed E-state index contributed by atoms with van der Waals surface area (Å²) in [6, 6.07) is 15.7. The maximum absolute atomic E-state index is 13.2. The van der Waals surface area contributed by atoms with Gasteiger partial charge in [0.1, 0.15) is 12.4 Å². The smallest absolute Gasteiger partial charge is 0.257 e. The van der Waals surface area contributed by atoms with Gasteiger partial charge in [-0.05, 0) is 48.0 Å². The van der Waals surface area contributed by atoms with E-state index < -0.39 is 0 Å². The van der Waals surface area contributed by atoms with Crippen molar-refractivity contribution in [1.29, 1.82) is 0 Å². The quantitative estimate of drug-likeness (QED) is 0.549. The van der Waals surface area contributed by atoms with Gasteiger partial charge in [-0.3, -0.25) is 14.6 Å². The average molecular weight is 470 g/mol. The van der Waals surface area contributed by atoms with E-state index in [9.17, 15) is 9.59 Å². The number of halogens is 2. The van der Waals surface area contributed by atoms with Crippen molar-refractivity contribution in [2.45, 2.75) is 6.61 Å². The Bertz CT molecular complexity index is 1100. The zero-order chi connectivity index (χ0) is 22.5. The summed E-state index contributed by atoms with van der Waals surface area (Å²) in [4.78, 5) is 33.4. The van der Waals surface area contributed by atoms with Crippen molar-refractivity contribution in [3.63, 3.8) is 0 Å². The first-order valence-corrected chi connectivity index (χ1v) is 10.9. The zero-order valence-corrected chi connectivity index (χ0v) is 18.7. The van der Waals surface area contributed by atoms with Crippen LogP contribution in [0.1, 0.15) is 26.3 Å². The number of hydrogen-bond acceptors (Lipinski definition) is 4. The molecule has 0 radical (unpaired) electrons. The van der Waals surface area contributed by atoms with Crippen molar-refractivity contribution >= 4 is 35.0 Å². The summed E-state index contributed by atoms with van der Waals surface area (Å²) in [6.07, 6.45) is 3.40. The molecule has 1 saturated heterocycles. The molecule has 6 nitrogen and oxygen atoms in total. The number of carbonyl (C=O) groups excluding carboxylic acids is 2. The van der Waals surface area contributed by atoms with Gasteiger partial charge >= 0.3 is 0 Å². The molecule has 4 rings (SSSR count). The average Bonchev–Trinajstić information content (AvgIpc) is 2.82. The van der Waals surface area contributed by atoms with E-state index in [1.165, 1.54) is 0 Å². The summed E-state index contributed by atoms with van der Waals surface area (Å²) in [5, 5.41) is 0.830. The molecular weight excluding hydrogens is 449 g/mol. The molecule has 3 aromatic rings. The summed E-state index contributed by atoms with van der Waals surface area (Å²) in [6.45, 7) is 2.05. The number of piperazine rings is 1. The first kappa shape index (κ1) is 22.1. The number of hydrogen-bond donors (Lipinski definition) is 0. The molecule has 2 heterocycles. The Labute approximate surface area is 196 Å². The number of pyridine rings is 1. The minimum Gasteiger partial charge on any atom is -0.488 e. The van der Waals surface area contributed by atoms with Crippen molar-refractivity contribution in [2.75, 3.05) is 26.2 Å². The second kappa shape index (κ2) is 10.0. The third-order valence-corrected chi connectivity index (χ3v) is 5.66. The molecule has 0 saturated carbocycles.